The number of halogens is 1. The van der Waals surface area contributed by atoms with E-state index in [0.717, 1.165) is 11.1 Å². The van der Waals surface area contributed by atoms with Crippen molar-refractivity contribution >= 4 is 23.4 Å². The Labute approximate surface area is 247 Å². The SMILES string of the molecule is Cc1ccc(F)c(NC(=O)CN2CC[C@H]3NC(=O)[C@@H](Cc4ccccc4)NC(=O)C4(C/C=C/C[C@H]3C2)CCOCC4)c1. The first-order valence-corrected chi connectivity index (χ1v) is 15.0. The Morgan fingerprint density at radius 2 is 1.88 bits per heavy atom. The molecule has 0 aliphatic carbocycles. The van der Waals surface area contributed by atoms with Crippen molar-refractivity contribution in [2.75, 3.05) is 38.2 Å². The van der Waals surface area contributed by atoms with Crippen LogP contribution in [0.5, 0.6) is 0 Å². The predicted octanol–water partition coefficient (Wildman–Crippen LogP) is 3.75. The molecule has 3 aliphatic rings. The molecule has 0 bridgehead atoms. The fourth-order valence-electron chi connectivity index (χ4n) is 6.33. The van der Waals surface area contributed by atoms with E-state index in [1.807, 2.05) is 37.3 Å². The lowest BCUT2D eigenvalue weighted by Gasteiger charge is -2.40. The second-order valence-electron chi connectivity index (χ2n) is 12.0. The van der Waals surface area contributed by atoms with Gasteiger partial charge in [-0.1, -0.05) is 48.6 Å². The maximum Gasteiger partial charge on any atom is 0.243 e. The molecule has 224 valence electrons. The largest absolute Gasteiger partial charge is 0.381 e. The van der Waals surface area contributed by atoms with Crippen LogP contribution in [0.3, 0.4) is 0 Å². The van der Waals surface area contributed by atoms with E-state index in [2.05, 4.69) is 33.0 Å². The monoisotopic (exact) mass is 576 g/mol. The Balaban J connectivity index is 1.31. The molecule has 0 aromatic heterocycles. The highest BCUT2D eigenvalue weighted by Crippen LogP contribution is 2.36. The molecular formula is C33H41FN4O4. The van der Waals surface area contributed by atoms with Gasteiger partial charge < -0.3 is 20.7 Å². The summed E-state index contributed by atoms with van der Waals surface area (Å²) in [5.74, 6) is -0.915. The summed E-state index contributed by atoms with van der Waals surface area (Å²) in [6, 6.07) is 13.6. The third-order valence-electron chi connectivity index (χ3n) is 8.86. The van der Waals surface area contributed by atoms with Crippen molar-refractivity contribution in [2.24, 2.45) is 11.3 Å². The quantitative estimate of drug-likeness (QED) is 0.471. The van der Waals surface area contributed by atoms with Crippen molar-refractivity contribution in [1.82, 2.24) is 15.5 Å². The molecule has 0 radical (unpaired) electrons. The van der Waals surface area contributed by atoms with Crippen LogP contribution in [0.15, 0.2) is 60.7 Å². The lowest BCUT2D eigenvalue weighted by Crippen LogP contribution is -2.58. The summed E-state index contributed by atoms with van der Waals surface area (Å²) >= 11 is 0. The molecule has 1 spiro atoms. The third kappa shape index (κ3) is 7.44. The molecule has 2 fully saturated rings. The summed E-state index contributed by atoms with van der Waals surface area (Å²) in [5, 5.41) is 9.09. The highest BCUT2D eigenvalue weighted by molar-refractivity contribution is 5.92. The van der Waals surface area contributed by atoms with Crippen LogP contribution in [0.25, 0.3) is 0 Å². The van der Waals surface area contributed by atoms with Gasteiger partial charge in [-0.3, -0.25) is 19.3 Å². The van der Waals surface area contributed by atoms with Gasteiger partial charge in [0.2, 0.25) is 17.7 Å². The average molecular weight is 577 g/mol. The van der Waals surface area contributed by atoms with Crippen LogP contribution in [0, 0.1) is 24.1 Å². The molecule has 0 saturated carbocycles. The number of anilines is 1. The fourth-order valence-corrected chi connectivity index (χ4v) is 6.33. The summed E-state index contributed by atoms with van der Waals surface area (Å²) in [4.78, 5) is 42.3. The minimum atomic E-state index is -0.697. The second-order valence-corrected chi connectivity index (χ2v) is 12.0. The topological polar surface area (TPSA) is 99.8 Å². The van der Waals surface area contributed by atoms with Crippen LogP contribution < -0.4 is 16.0 Å². The number of aryl methyl sites for hydroxylation is 1. The molecule has 2 aromatic carbocycles. The van der Waals surface area contributed by atoms with Crippen LogP contribution in [-0.4, -0.2) is 67.6 Å². The lowest BCUT2D eigenvalue weighted by atomic mass is 9.75. The number of benzene rings is 2. The molecule has 9 heteroatoms. The predicted molar refractivity (Wildman–Crippen MR) is 159 cm³/mol. The van der Waals surface area contributed by atoms with Gasteiger partial charge in [0, 0.05) is 38.8 Å². The molecule has 2 aromatic rings. The Kier molecular flexibility index (Phi) is 9.69. The van der Waals surface area contributed by atoms with Crippen LogP contribution in [0.1, 0.15) is 43.2 Å². The van der Waals surface area contributed by atoms with Gasteiger partial charge in [0.1, 0.15) is 11.9 Å². The number of amides is 3. The lowest BCUT2D eigenvalue weighted by molar-refractivity contribution is -0.140. The summed E-state index contributed by atoms with van der Waals surface area (Å²) in [5.41, 5.74) is 1.43. The van der Waals surface area contributed by atoms with Crippen molar-refractivity contribution in [3.05, 3.63) is 77.6 Å². The number of carbonyl (C=O) groups is 3. The van der Waals surface area contributed by atoms with E-state index in [1.54, 1.807) is 12.1 Å². The smallest absolute Gasteiger partial charge is 0.243 e. The molecule has 3 aliphatic heterocycles. The first-order chi connectivity index (χ1) is 20.3. The van der Waals surface area contributed by atoms with E-state index < -0.39 is 17.3 Å². The number of carbonyl (C=O) groups excluding carboxylic acids is 3. The van der Waals surface area contributed by atoms with Gasteiger partial charge in [0.15, 0.2) is 0 Å². The summed E-state index contributed by atoms with van der Waals surface area (Å²) < 4.78 is 19.8. The molecule has 3 atom stereocenters. The minimum Gasteiger partial charge on any atom is -0.381 e. The molecule has 42 heavy (non-hydrogen) atoms. The van der Waals surface area contributed by atoms with Crippen molar-refractivity contribution in [2.45, 2.75) is 57.5 Å². The zero-order valence-corrected chi connectivity index (χ0v) is 24.2. The van der Waals surface area contributed by atoms with Gasteiger partial charge >= 0.3 is 0 Å². The van der Waals surface area contributed by atoms with Crippen LogP contribution >= 0.6 is 0 Å². The van der Waals surface area contributed by atoms with Crippen LogP contribution in [0.4, 0.5) is 10.1 Å². The Morgan fingerprint density at radius 1 is 1.10 bits per heavy atom. The molecule has 3 heterocycles. The number of allylic oxidation sites excluding steroid dienone is 2. The summed E-state index contributed by atoms with van der Waals surface area (Å²) in [6.45, 7) is 4.27. The van der Waals surface area contributed by atoms with E-state index in [4.69, 9.17) is 4.74 Å². The molecular weight excluding hydrogens is 535 g/mol. The summed E-state index contributed by atoms with van der Waals surface area (Å²) in [6.07, 6.45) is 7.82. The maximum atomic E-state index is 14.2. The normalized spacial score (nSPS) is 25.7. The van der Waals surface area contributed by atoms with E-state index in [0.29, 0.717) is 64.8 Å². The average Bonchev–Trinajstić information content (AvgIpc) is 2.98. The van der Waals surface area contributed by atoms with E-state index in [-0.39, 0.29) is 41.9 Å². The second kappa shape index (κ2) is 13.6. The van der Waals surface area contributed by atoms with Crippen molar-refractivity contribution in [3.63, 3.8) is 0 Å². The number of rotatable bonds is 5. The Morgan fingerprint density at radius 3 is 2.67 bits per heavy atom. The van der Waals surface area contributed by atoms with Crippen molar-refractivity contribution in [1.29, 1.82) is 0 Å². The van der Waals surface area contributed by atoms with Gasteiger partial charge in [0.25, 0.3) is 0 Å². The van der Waals surface area contributed by atoms with Crippen LogP contribution in [-0.2, 0) is 25.5 Å². The molecule has 8 nitrogen and oxygen atoms in total. The van der Waals surface area contributed by atoms with Gasteiger partial charge in [-0.15, -0.1) is 0 Å². The van der Waals surface area contributed by atoms with Crippen molar-refractivity contribution < 1.29 is 23.5 Å². The molecule has 0 unspecified atom stereocenters. The van der Waals surface area contributed by atoms with E-state index in [1.165, 1.54) is 6.07 Å². The summed E-state index contributed by atoms with van der Waals surface area (Å²) in [7, 11) is 0. The highest BCUT2D eigenvalue weighted by atomic mass is 19.1. The highest BCUT2D eigenvalue weighted by Gasteiger charge is 2.41. The molecule has 3 N–H and O–H groups in total. The number of likely N-dealkylation sites (tertiary alicyclic amines) is 1. The number of hydrogen-bond donors (Lipinski definition) is 3. The maximum absolute atomic E-state index is 14.2. The first kappa shape index (κ1) is 29.9. The minimum absolute atomic E-state index is 0.0839. The van der Waals surface area contributed by atoms with E-state index >= 15 is 0 Å². The zero-order chi connectivity index (χ0) is 29.5. The van der Waals surface area contributed by atoms with Crippen LogP contribution in [0.2, 0.25) is 0 Å². The van der Waals surface area contributed by atoms with E-state index in [9.17, 15) is 18.8 Å². The molecule has 3 amide bonds. The number of piperidine rings is 1. The zero-order valence-electron chi connectivity index (χ0n) is 24.2. The molecule has 2 saturated heterocycles. The molecule has 5 rings (SSSR count). The number of hydrogen-bond acceptors (Lipinski definition) is 5. The Hall–Kier alpha value is -3.56. The standard InChI is InChI=1S/C33H41FN4O4/c1-23-10-11-26(34)28(19-23)35-30(39)22-38-16-12-27-25(21-38)9-5-6-13-33(14-17-42-18-15-33)32(41)37-29(31(40)36-27)20-24-7-3-2-4-8-24/h2-8,10-11,19,25,27,29H,9,12-18,20-22H2,1H3,(H,35,39)(H,36,40)(H,37,41)/b6-5+/t25-,27+,29+/m0/s1. The number of nitrogens with zero attached hydrogens (tertiary/aromatic N) is 1. The third-order valence-corrected chi connectivity index (χ3v) is 8.86. The van der Waals surface area contributed by atoms with Gasteiger partial charge in [-0.2, -0.15) is 0 Å². The number of ether oxygens (including phenoxy) is 1. The first-order valence-electron chi connectivity index (χ1n) is 15.0. The van der Waals surface area contributed by atoms with Gasteiger partial charge in [-0.05, 0) is 68.2 Å². The van der Waals surface area contributed by atoms with Gasteiger partial charge in [-0.25, -0.2) is 4.39 Å². The van der Waals surface area contributed by atoms with Crippen molar-refractivity contribution in [3.8, 4) is 0 Å². The Bertz CT molecular complexity index is 1290. The number of nitrogens with one attached hydrogen (secondary N) is 3. The number of fused-ring (bicyclic) bond motifs is 1. The fraction of sp³-hybridized carbons (Fsp3) is 0.485. The van der Waals surface area contributed by atoms with Gasteiger partial charge in [0.05, 0.1) is 17.6 Å².